The monoisotopic (exact) mass is 201 g/mol. The van der Waals surface area contributed by atoms with Crippen molar-refractivity contribution in [1.29, 1.82) is 0 Å². The molecule has 1 aliphatic carbocycles. The molecule has 1 fully saturated rings. The van der Waals surface area contributed by atoms with Crippen LogP contribution in [0.5, 0.6) is 0 Å². The third-order valence-corrected chi connectivity index (χ3v) is 4.40. The Morgan fingerprint density at radius 2 is 2.15 bits per heavy atom. The lowest BCUT2D eigenvalue weighted by molar-refractivity contribution is 0.296. The van der Waals surface area contributed by atoms with Gasteiger partial charge in [-0.2, -0.15) is 11.8 Å². The summed E-state index contributed by atoms with van der Waals surface area (Å²) in [5.74, 6) is 1.01. The zero-order valence-corrected chi connectivity index (χ0v) is 9.99. The van der Waals surface area contributed by atoms with Crippen LogP contribution in [0, 0.1) is 5.92 Å². The summed E-state index contributed by atoms with van der Waals surface area (Å²) in [5.41, 5.74) is 0. The van der Waals surface area contributed by atoms with Crippen molar-refractivity contribution in [2.45, 2.75) is 50.3 Å². The van der Waals surface area contributed by atoms with Gasteiger partial charge in [0.1, 0.15) is 0 Å². The van der Waals surface area contributed by atoms with E-state index in [0.717, 1.165) is 17.2 Å². The van der Waals surface area contributed by atoms with Crippen molar-refractivity contribution in [3.05, 3.63) is 0 Å². The minimum Gasteiger partial charge on any atom is -0.316 e. The lowest BCUT2D eigenvalue weighted by atomic mass is 9.83. The van der Waals surface area contributed by atoms with E-state index in [4.69, 9.17) is 0 Å². The highest BCUT2D eigenvalue weighted by Crippen LogP contribution is 2.33. The van der Waals surface area contributed by atoms with Crippen LogP contribution < -0.4 is 5.32 Å². The summed E-state index contributed by atoms with van der Waals surface area (Å²) in [6.07, 6.45) is 9.30. The molecule has 13 heavy (non-hydrogen) atoms. The SMILES string of the molecule is CCCC1CCC(NC)C(SC)C1. The van der Waals surface area contributed by atoms with E-state index >= 15 is 0 Å². The van der Waals surface area contributed by atoms with Crippen LogP contribution in [-0.4, -0.2) is 24.6 Å². The summed E-state index contributed by atoms with van der Waals surface area (Å²) >= 11 is 2.05. The Kier molecular flexibility index (Phi) is 5.18. The molecule has 0 aromatic heterocycles. The molecular weight excluding hydrogens is 178 g/mol. The summed E-state index contributed by atoms with van der Waals surface area (Å²) in [5, 5.41) is 4.30. The Balaban J connectivity index is 2.38. The van der Waals surface area contributed by atoms with Crippen molar-refractivity contribution < 1.29 is 0 Å². The van der Waals surface area contributed by atoms with Crippen LogP contribution in [0.3, 0.4) is 0 Å². The highest BCUT2D eigenvalue weighted by Gasteiger charge is 2.28. The lowest BCUT2D eigenvalue weighted by Crippen LogP contribution is -2.40. The quantitative estimate of drug-likeness (QED) is 0.750. The molecule has 0 spiro atoms. The van der Waals surface area contributed by atoms with Gasteiger partial charge in [0.15, 0.2) is 0 Å². The molecule has 2 heteroatoms. The van der Waals surface area contributed by atoms with Crippen molar-refractivity contribution >= 4 is 11.8 Å². The Morgan fingerprint density at radius 3 is 2.69 bits per heavy atom. The molecule has 3 atom stereocenters. The summed E-state index contributed by atoms with van der Waals surface area (Å²) in [4.78, 5) is 0. The zero-order chi connectivity index (χ0) is 9.68. The molecule has 1 aliphatic rings. The molecule has 0 heterocycles. The maximum absolute atomic E-state index is 3.45. The Morgan fingerprint density at radius 1 is 1.38 bits per heavy atom. The molecule has 0 bridgehead atoms. The summed E-state index contributed by atoms with van der Waals surface area (Å²) in [6.45, 7) is 2.30. The molecule has 0 saturated heterocycles. The van der Waals surface area contributed by atoms with E-state index in [1.165, 1.54) is 32.1 Å². The third kappa shape index (κ3) is 3.17. The van der Waals surface area contributed by atoms with Crippen molar-refractivity contribution in [3.63, 3.8) is 0 Å². The van der Waals surface area contributed by atoms with Crippen LogP contribution in [0.1, 0.15) is 39.0 Å². The van der Waals surface area contributed by atoms with Gasteiger partial charge in [0.25, 0.3) is 0 Å². The van der Waals surface area contributed by atoms with Gasteiger partial charge >= 0.3 is 0 Å². The Bertz CT molecular complexity index is 138. The molecule has 1 rings (SSSR count). The number of rotatable bonds is 4. The van der Waals surface area contributed by atoms with E-state index < -0.39 is 0 Å². The van der Waals surface area contributed by atoms with E-state index in [2.05, 4.69) is 25.5 Å². The van der Waals surface area contributed by atoms with Crippen LogP contribution in [0.4, 0.5) is 0 Å². The van der Waals surface area contributed by atoms with E-state index in [-0.39, 0.29) is 0 Å². The summed E-state index contributed by atoms with van der Waals surface area (Å²) in [7, 11) is 2.11. The van der Waals surface area contributed by atoms with Crippen molar-refractivity contribution in [3.8, 4) is 0 Å². The molecule has 0 radical (unpaired) electrons. The highest BCUT2D eigenvalue weighted by atomic mass is 32.2. The third-order valence-electron chi connectivity index (χ3n) is 3.27. The van der Waals surface area contributed by atoms with Crippen molar-refractivity contribution in [2.24, 2.45) is 5.92 Å². The first-order valence-electron chi connectivity index (χ1n) is 5.51. The number of hydrogen-bond acceptors (Lipinski definition) is 2. The Hall–Kier alpha value is 0.310. The van der Waals surface area contributed by atoms with Gasteiger partial charge in [-0.15, -0.1) is 0 Å². The molecule has 0 aromatic carbocycles. The average molecular weight is 201 g/mol. The lowest BCUT2D eigenvalue weighted by Gasteiger charge is -2.35. The first-order chi connectivity index (χ1) is 6.31. The number of thioether (sulfide) groups is 1. The topological polar surface area (TPSA) is 12.0 Å². The molecule has 78 valence electrons. The van der Waals surface area contributed by atoms with Crippen LogP contribution >= 0.6 is 11.8 Å². The van der Waals surface area contributed by atoms with E-state index in [1.807, 2.05) is 11.8 Å². The fourth-order valence-corrected chi connectivity index (χ4v) is 3.54. The second-order valence-electron chi connectivity index (χ2n) is 4.14. The molecular formula is C11H23NS. The molecule has 3 unspecified atom stereocenters. The van der Waals surface area contributed by atoms with Crippen LogP contribution in [-0.2, 0) is 0 Å². The van der Waals surface area contributed by atoms with Gasteiger partial charge in [0.05, 0.1) is 0 Å². The highest BCUT2D eigenvalue weighted by molar-refractivity contribution is 7.99. The number of nitrogens with one attached hydrogen (secondary N) is 1. The van der Waals surface area contributed by atoms with Gasteiger partial charge in [-0.3, -0.25) is 0 Å². The van der Waals surface area contributed by atoms with Crippen LogP contribution in [0.15, 0.2) is 0 Å². The standard InChI is InChI=1S/C11H23NS/c1-4-5-9-6-7-10(12-2)11(8-9)13-3/h9-12H,4-8H2,1-3H3. The number of hydrogen-bond donors (Lipinski definition) is 1. The second kappa shape index (κ2) is 5.92. The first-order valence-corrected chi connectivity index (χ1v) is 6.80. The normalized spacial score (nSPS) is 34.8. The van der Waals surface area contributed by atoms with Gasteiger partial charge in [0.2, 0.25) is 0 Å². The largest absolute Gasteiger partial charge is 0.316 e. The molecule has 1 saturated carbocycles. The molecule has 0 aliphatic heterocycles. The van der Waals surface area contributed by atoms with Crippen LogP contribution in [0.25, 0.3) is 0 Å². The fraction of sp³-hybridized carbons (Fsp3) is 1.00. The summed E-state index contributed by atoms with van der Waals surface area (Å²) in [6, 6.07) is 0.767. The van der Waals surface area contributed by atoms with Gasteiger partial charge in [-0.25, -0.2) is 0 Å². The minimum atomic E-state index is 0.767. The predicted octanol–water partition coefficient (Wildman–Crippen LogP) is 2.91. The zero-order valence-electron chi connectivity index (χ0n) is 9.18. The molecule has 1 nitrogen and oxygen atoms in total. The van der Waals surface area contributed by atoms with E-state index in [9.17, 15) is 0 Å². The van der Waals surface area contributed by atoms with Crippen molar-refractivity contribution in [2.75, 3.05) is 13.3 Å². The molecule has 0 aromatic rings. The first kappa shape index (κ1) is 11.4. The predicted molar refractivity (Wildman–Crippen MR) is 62.4 cm³/mol. The van der Waals surface area contributed by atoms with Gasteiger partial charge in [0, 0.05) is 11.3 Å². The van der Waals surface area contributed by atoms with E-state index in [1.54, 1.807) is 0 Å². The maximum Gasteiger partial charge on any atom is 0.0200 e. The van der Waals surface area contributed by atoms with Gasteiger partial charge < -0.3 is 5.32 Å². The smallest absolute Gasteiger partial charge is 0.0200 e. The van der Waals surface area contributed by atoms with E-state index in [0.29, 0.717) is 0 Å². The average Bonchev–Trinajstić information content (AvgIpc) is 2.18. The minimum absolute atomic E-state index is 0.767. The Labute approximate surface area is 87.1 Å². The van der Waals surface area contributed by atoms with Gasteiger partial charge in [-0.1, -0.05) is 19.8 Å². The summed E-state index contributed by atoms with van der Waals surface area (Å²) < 4.78 is 0. The second-order valence-corrected chi connectivity index (χ2v) is 5.21. The van der Waals surface area contributed by atoms with Crippen molar-refractivity contribution in [1.82, 2.24) is 5.32 Å². The molecule has 1 N–H and O–H groups in total. The fourth-order valence-electron chi connectivity index (χ4n) is 2.47. The molecule has 0 amide bonds. The van der Waals surface area contributed by atoms with Crippen LogP contribution in [0.2, 0.25) is 0 Å². The van der Waals surface area contributed by atoms with Gasteiger partial charge in [-0.05, 0) is 38.5 Å². The maximum atomic E-state index is 3.45.